The maximum atomic E-state index is 13.0. The van der Waals surface area contributed by atoms with Gasteiger partial charge in [0.1, 0.15) is 0 Å². The number of benzene rings is 1. The third kappa shape index (κ3) is 3.33. The molecule has 102 valence electrons. The average Bonchev–Trinajstić information content (AvgIpc) is 2.83. The molecule has 0 fully saturated rings. The molecule has 0 spiro atoms. The van der Waals surface area contributed by atoms with Gasteiger partial charge in [-0.2, -0.15) is 4.98 Å². The minimum absolute atomic E-state index is 0.212. The van der Waals surface area contributed by atoms with E-state index in [-0.39, 0.29) is 18.9 Å². The molecule has 1 atom stereocenters. The lowest BCUT2D eigenvalue weighted by Crippen LogP contribution is -2.17. The molecular formula is C12H13F2N3O2. The summed E-state index contributed by atoms with van der Waals surface area (Å²) < 4.78 is 35.7. The third-order valence-electron chi connectivity index (χ3n) is 2.50. The Kier molecular flexibility index (Phi) is 4.18. The first-order chi connectivity index (χ1) is 9.10. The Bertz CT molecular complexity index is 560. The highest BCUT2D eigenvalue weighted by Gasteiger charge is 2.14. The van der Waals surface area contributed by atoms with Crippen molar-refractivity contribution in [2.24, 2.45) is 5.73 Å². The zero-order valence-corrected chi connectivity index (χ0v) is 10.3. The lowest BCUT2D eigenvalue weighted by atomic mass is 10.1. The topological polar surface area (TPSA) is 74.2 Å². The van der Waals surface area contributed by atoms with E-state index in [9.17, 15) is 8.78 Å². The summed E-state index contributed by atoms with van der Waals surface area (Å²) in [5.74, 6) is -1.20. The molecule has 0 aliphatic rings. The summed E-state index contributed by atoms with van der Waals surface area (Å²) in [4.78, 5) is 4.08. The van der Waals surface area contributed by atoms with Gasteiger partial charge in [-0.15, -0.1) is 0 Å². The summed E-state index contributed by atoms with van der Waals surface area (Å²) in [6.07, 6.45) is 0.212. The fraction of sp³-hybridized carbons (Fsp3) is 0.333. The summed E-state index contributed by atoms with van der Waals surface area (Å²) in [5.41, 5.74) is 6.27. The number of nitrogens with zero attached hydrogens (tertiary/aromatic N) is 2. The first-order valence-corrected chi connectivity index (χ1v) is 5.61. The molecule has 1 aromatic heterocycles. The summed E-state index contributed by atoms with van der Waals surface area (Å²) in [6.45, 7) is 0.268. The van der Waals surface area contributed by atoms with Crippen LogP contribution in [0.5, 0.6) is 0 Å². The molecule has 1 unspecified atom stereocenters. The van der Waals surface area contributed by atoms with E-state index in [1.807, 2.05) is 0 Å². The van der Waals surface area contributed by atoms with Gasteiger partial charge in [-0.1, -0.05) is 11.2 Å². The Morgan fingerprint density at radius 1 is 1.37 bits per heavy atom. The maximum Gasteiger partial charge on any atom is 0.231 e. The van der Waals surface area contributed by atoms with Gasteiger partial charge in [-0.05, 0) is 17.7 Å². The third-order valence-corrected chi connectivity index (χ3v) is 2.50. The molecule has 0 aliphatic carbocycles. The highest BCUT2D eigenvalue weighted by molar-refractivity contribution is 5.20. The van der Waals surface area contributed by atoms with E-state index in [0.29, 0.717) is 11.4 Å². The van der Waals surface area contributed by atoms with Gasteiger partial charge in [0.2, 0.25) is 5.89 Å². The number of halogens is 2. The second kappa shape index (κ2) is 5.85. The number of ether oxygens (including phenoxy) is 1. The number of aromatic nitrogens is 2. The van der Waals surface area contributed by atoms with E-state index >= 15 is 0 Å². The average molecular weight is 269 g/mol. The van der Waals surface area contributed by atoms with Crippen LogP contribution in [0.15, 0.2) is 22.7 Å². The van der Waals surface area contributed by atoms with Gasteiger partial charge in [-0.3, -0.25) is 0 Å². The van der Waals surface area contributed by atoms with E-state index in [2.05, 4.69) is 10.1 Å². The summed E-state index contributed by atoms with van der Waals surface area (Å²) in [6, 6.07) is 3.12. The lowest BCUT2D eigenvalue weighted by molar-refractivity contribution is 0.177. The number of nitrogens with two attached hydrogens (primary N) is 1. The summed E-state index contributed by atoms with van der Waals surface area (Å²) >= 11 is 0. The van der Waals surface area contributed by atoms with Crippen LogP contribution in [0.2, 0.25) is 0 Å². The van der Waals surface area contributed by atoms with Crippen LogP contribution in [0.3, 0.4) is 0 Å². The van der Waals surface area contributed by atoms with Crippen LogP contribution in [0.25, 0.3) is 0 Å². The van der Waals surface area contributed by atoms with Gasteiger partial charge < -0.3 is 15.0 Å². The van der Waals surface area contributed by atoms with E-state index in [0.717, 1.165) is 12.1 Å². The molecule has 2 N–H and O–H groups in total. The number of methoxy groups -OCH3 is 1. The van der Waals surface area contributed by atoms with Crippen LogP contribution >= 0.6 is 0 Å². The summed E-state index contributed by atoms with van der Waals surface area (Å²) in [5, 5.41) is 3.71. The van der Waals surface area contributed by atoms with Crippen molar-refractivity contribution in [3.8, 4) is 0 Å². The van der Waals surface area contributed by atoms with Gasteiger partial charge in [0.25, 0.3) is 0 Å². The fourth-order valence-electron chi connectivity index (χ4n) is 1.57. The largest absolute Gasteiger partial charge is 0.383 e. The molecule has 0 aliphatic heterocycles. The Morgan fingerprint density at radius 2 is 2.16 bits per heavy atom. The van der Waals surface area contributed by atoms with Gasteiger partial charge >= 0.3 is 0 Å². The monoisotopic (exact) mass is 269 g/mol. The molecule has 0 saturated carbocycles. The van der Waals surface area contributed by atoms with Crippen LogP contribution < -0.4 is 5.73 Å². The Hall–Kier alpha value is -1.86. The number of hydrogen-bond donors (Lipinski definition) is 1. The molecular weight excluding hydrogens is 256 g/mol. The molecule has 0 amide bonds. The van der Waals surface area contributed by atoms with Crippen molar-refractivity contribution in [2.45, 2.75) is 12.5 Å². The molecule has 19 heavy (non-hydrogen) atoms. The zero-order chi connectivity index (χ0) is 13.8. The highest BCUT2D eigenvalue weighted by Crippen LogP contribution is 2.14. The van der Waals surface area contributed by atoms with Crippen LogP contribution in [-0.4, -0.2) is 23.9 Å². The SMILES string of the molecule is COCC(N)c1noc(Cc2ccc(F)c(F)c2)n1. The van der Waals surface area contributed by atoms with Gasteiger partial charge in [0.05, 0.1) is 19.1 Å². The zero-order valence-electron chi connectivity index (χ0n) is 10.3. The number of rotatable bonds is 5. The minimum atomic E-state index is -0.909. The predicted molar refractivity (Wildman–Crippen MR) is 62.3 cm³/mol. The first kappa shape index (κ1) is 13.6. The smallest absolute Gasteiger partial charge is 0.231 e. The summed E-state index contributed by atoms with van der Waals surface area (Å²) in [7, 11) is 1.52. The van der Waals surface area contributed by atoms with Crippen molar-refractivity contribution in [3.05, 3.63) is 47.1 Å². The standard InChI is InChI=1S/C12H13F2N3O2/c1-18-6-10(15)12-16-11(19-17-12)5-7-2-3-8(13)9(14)4-7/h2-4,10H,5-6,15H2,1H3. The minimum Gasteiger partial charge on any atom is -0.383 e. The molecule has 1 aromatic carbocycles. The quantitative estimate of drug-likeness (QED) is 0.892. The van der Waals surface area contributed by atoms with E-state index in [1.165, 1.54) is 13.2 Å². The van der Waals surface area contributed by atoms with E-state index in [1.54, 1.807) is 0 Å². The first-order valence-electron chi connectivity index (χ1n) is 5.61. The molecule has 1 heterocycles. The van der Waals surface area contributed by atoms with Crippen molar-refractivity contribution in [2.75, 3.05) is 13.7 Å². The second-order valence-corrected chi connectivity index (χ2v) is 4.03. The lowest BCUT2D eigenvalue weighted by Gasteiger charge is -2.03. The highest BCUT2D eigenvalue weighted by atomic mass is 19.2. The van der Waals surface area contributed by atoms with Crippen LogP contribution in [0.1, 0.15) is 23.3 Å². The predicted octanol–water partition coefficient (Wildman–Crippen LogP) is 1.58. The van der Waals surface area contributed by atoms with Gasteiger partial charge in [0, 0.05) is 7.11 Å². The van der Waals surface area contributed by atoms with Gasteiger partial charge in [-0.25, -0.2) is 8.78 Å². The Morgan fingerprint density at radius 3 is 2.84 bits per heavy atom. The van der Waals surface area contributed by atoms with E-state index in [4.69, 9.17) is 15.0 Å². The Labute approximate surface area is 108 Å². The number of hydrogen-bond acceptors (Lipinski definition) is 5. The maximum absolute atomic E-state index is 13.0. The Balaban J connectivity index is 2.09. The van der Waals surface area contributed by atoms with E-state index < -0.39 is 17.7 Å². The van der Waals surface area contributed by atoms with Crippen LogP contribution in [0, 0.1) is 11.6 Å². The second-order valence-electron chi connectivity index (χ2n) is 4.03. The van der Waals surface area contributed by atoms with Crippen molar-refractivity contribution >= 4 is 0 Å². The molecule has 0 saturated heterocycles. The van der Waals surface area contributed by atoms with Crippen molar-refractivity contribution in [1.82, 2.24) is 10.1 Å². The van der Waals surface area contributed by atoms with Crippen molar-refractivity contribution < 1.29 is 18.0 Å². The van der Waals surface area contributed by atoms with Gasteiger partial charge in [0.15, 0.2) is 17.5 Å². The van der Waals surface area contributed by atoms with Crippen molar-refractivity contribution in [1.29, 1.82) is 0 Å². The molecule has 2 rings (SSSR count). The normalized spacial score (nSPS) is 12.6. The van der Waals surface area contributed by atoms with Crippen molar-refractivity contribution in [3.63, 3.8) is 0 Å². The molecule has 7 heteroatoms. The molecule has 5 nitrogen and oxygen atoms in total. The molecule has 0 bridgehead atoms. The van der Waals surface area contributed by atoms with Crippen LogP contribution in [-0.2, 0) is 11.2 Å². The molecule has 2 aromatic rings. The molecule has 0 radical (unpaired) electrons. The van der Waals surface area contributed by atoms with Crippen LogP contribution in [0.4, 0.5) is 8.78 Å². The fourth-order valence-corrected chi connectivity index (χ4v) is 1.57.